The highest BCUT2D eigenvalue weighted by Crippen LogP contribution is 2.35. The Morgan fingerprint density at radius 2 is 2.24 bits per heavy atom. The quantitative estimate of drug-likeness (QED) is 0.787. The zero-order chi connectivity index (χ0) is 12.3. The Hall–Kier alpha value is -1.35. The molecule has 3 nitrogen and oxygen atoms in total. The van der Waals surface area contributed by atoms with E-state index in [1.54, 1.807) is 0 Å². The maximum absolute atomic E-state index is 11.0. The third kappa shape index (κ3) is 2.86. The standard InChI is InChI=1S/C14H18O3/c15-9-10-3-1-4-11(7-10)12-5-2-6-13(8-12)14(16)17/h1,3-4,6,11-12,15H,2,5,7-9H2,(H,16,17). The number of carboxylic acid groups (broad SMARTS) is 1. The molecule has 0 aromatic rings. The smallest absolute Gasteiger partial charge is 0.331 e. The van der Waals surface area contributed by atoms with Crippen molar-refractivity contribution in [1.82, 2.24) is 0 Å². The van der Waals surface area contributed by atoms with Gasteiger partial charge >= 0.3 is 5.97 Å². The summed E-state index contributed by atoms with van der Waals surface area (Å²) in [5, 5.41) is 18.2. The van der Waals surface area contributed by atoms with Crippen LogP contribution in [0.1, 0.15) is 25.7 Å². The lowest BCUT2D eigenvalue weighted by Gasteiger charge is -2.29. The van der Waals surface area contributed by atoms with Crippen LogP contribution in [0.15, 0.2) is 35.5 Å². The maximum atomic E-state index is 11.0. The highest BCUT2D eigenvalue weighted by atomic mass is 16.4. The van der Waals surface area contributed by atoms with Gasteiger partial charge in [0, 0.05) is 5.57 Å². The predicted molar refractivity (Wildman–Crippen MR) is 65.5 cm³/mol. The average Bonchev–Trinajstić information content (AvgIpc) is 2.39. The molecule has 3 heteroatoms. The fraction of sp³-hybridized carbons (Fsp3) is 0.500. The number of rotatable bonds is 3. The Kier molecular flexibility index (Phi) is 3.79. The van der Waals surface area contributed by atoms with Crippen LogP contribution in [0.3, 0.4) is 0 Å². The number of hydrogen-bond donors (Lipinski definition) is 2. The Morgan fingerprint density at radius 3 is 2.94 bits per heavy atom. The lowest BCUT2D eigenvalue weighted by Crippen LogP contribution is -2.21. The van der Waals surface area contributed by atoms with Gasteiger partial charge < -0.3 is 10.2 Å². The number of carbonyl (C=O) groups is 1. The maximum Gasteiger partial charge on any atom is 0.331 e. The molecule has 0 saturated heterocycles. The third-order valence-corrected chi connectivity index (χ3v) is 3.68. The van der Waals surface area contributed by atoms with Crippen LogP contribution < -0.4 is 0 Å². The van der Waals surface area contributed by atoms with E-state index in [2.05, 4.69) is 6.08 Å². The lowest BCUT2D eigenvalue weighted by atomic mass is 9.76. The van der Waals surface area contributed by atoms with E-state index in [4.69, 9.17) is 10.2 Å². The van der Waals surface area contributed by atoms with Gasteiger partial charge in [0.2, 0.25) is 0 Å². The second kappa shape index (κ2) is 5.32. The molecule has 0 heterocycles. The van der Waals surface area contributed by atoms with Gasteiger partial charge in [0.25, 0.3) is 0 Å². The first kappa shape index (κ1) is 12.1. The summed E-state index contributed by atoms with van der Waals surface area (Å²) in [6.07, 6.45) is 11.3. The normalized spacial score (nSPS) is 28.5. The molecule has 0 amide bonds. The number of allylic oxidation sites excluding steroid dienone is 4. The van der Waals surface area contributed by atoms with Gasteiger partial charge in [-0.05, 0) is 43.1 Å². The minimum absolute atomic E-state index is 0.106. The molecule has 0 radical (unpaired) electrons. The van der Waals surface area contributed by atoms with E-state index in [0.717, 1.165) is 24.8 Å². The molecule has 0 aromatic carbocycles. The summed E-state index contributed by atoms with van der Waals surface area (Å²) >= 11 is 0. The van der Waals surface area contributed by atoms with Gasteiger partial charge in [-0.1, -0.05) is 24.3 Å². The molecule has 0 aliphatic heterocycles. The van der Waals surface area contributed by atoms with Crippen molar-refractivity contribution in [2.75, 3.05) is 6.61 Å². The molecule has 0 spiro atoms. The molecule has 17 heavy (non-hydrogen) atoms. The molecule has 0 saturated carbocycles. The highest BCUT2D eigenvalue weighted by Gasteiger charge is 2.26. The van der Waals surface area contributed by atoms with E-state index in [1.165, 1.54) is 0 Å². The number of aliphatic carboxylic acids is 1. The summed E-state index contributed by atoms with van der Waals surface area (Å²) in [5.41, 5.74) is 1.60. The van der Waals surface area contributed by atoms with Gasteiger partial charge in [-0.2, -0.15) is 0 Å². The van der Waals surface area contributed by atoms with Crippen LogP contribution in [0.25, 0.3) is 0 Å². The zero-order valence-corrected chi connectivity index (χ0v) is 9.80. The molecule has 2 aliphatic rings. The first-order valence-electron chi connectivity index (χ1n) is 6.10. The van der Waals surface area contributed by atoms with Crippen molar-refractivity contribution in [1.29, 1.82) is 0 Å². The summed E-state index contributed by atoms with van der Waals surface area (Å²) in [6.45, 7) is 0.106. The van der Waals surface area contributed by atoms with Crippen molar-refractivity contribution in [3.63, 3.8) is 0 Å². The fourth-order valence-electron chi connectivity index (χ4n) is 2.69. The van der Waals surface area contributed by atoms with Crippen LogP contribution in [0.2, 0.25) is 0 Å². The summed E-state index contributed by atoms with van der Waals surface area (Å²) in [6, 6.07) is 0. The topological polar surface area (TPSA) is 57.5 Å². The van der Waals surface area contributed by atoms with Crippen molar-refractivity contribution in [3.05, 3.63) is 35.5 Å². The molecular formula is C14H18O3. The fourth-order valence-corrected chi connectivity index (χ4v) is 2.69. The van der Waals surface area contributed by atoms with Crippen molar-refractivity contribution in [2.45, 2.75) is 25.7 Å². The number of carboxylic acids is 1. The van der Waals surface area contributed by atoms with Crippen LogP contribution in [0.5, 0.6) is 0 Å². The van der Waals surface area contributed by atoms with Crippen LogP contribution in [0.4, 0.5) is 0 Å². The van der Waals surface area contributed by atoms with E-state index in [9.17, 15) is 4.79 Å². The number of hydrogen-bond acceptors (Lipinski definition) is 2. The van der Waals surface area contributed by atoms with E-state index in [-0.39, 0.29) is 6.61 Å². The van der Waals surface area contributed by atoms with Crippen LogP contribution in [-0.2, 0) is 4.79 Å². The molecule has 0 aromatic heterocycles. The van der Waals surface area contributed by atoms with E-state index in [1.807, 2.05) is 18.2 Å². The molecule has 2 aliphatic carbocycles. The largest absolute Gasteiger partial charge is 0.478 e. The molecular weight excluding hydrogens is 216 g/mol. The molecule has 0 fully saturated rings. The Balaban J connectivity index is 2.01. The van der Waals surface area contributed by atoms with Crippen molar-refractivity contribution in [3.8, 4) is 0 Å². The molecule has 92 valence electrons. The Labute approximate surface area is 101 Å². The Bertz CT molecular complexity index is 390. The molecule has 2 rings (SSSR count). The molecule has 2 N–H and O–H groups in total. The zero-order valence-electron chi connectivity index (χ0n) is 9.80. The number of aliphatic hydroxyl groups is 1. The summed E-state index contributed by atoms with van der Waals surface area (Å²) in [4.78, 5) is 11.0. The number of aliphatic hydroxyl groups excluding tert-OH is 1. The van der Waals surface area contributed by atoms with Gasteiger partial charge in [0.15, 0.2) is 0 Å². The van der Waals surface area contributed by atoms with Crippen molar-refractivity contribution >= 4 is 5.97 Å². The SMILES string of the molecule is O=C(O)C1=CCCC(C2C=CC=C(CO)C2)C1. The molecule has 0 bridgehead atoms. The third-order valence-electron chi connectivity index (χ3n) is 3.68. The van der Waals surface area contributed by atoms with E-state index in [0.29, 0.717) is 23.8 Å². The van der Waals surface area contributed by atoms with Crippen LogP contribution in [-0.4, -0.2) is 22.8 Å². The van der Waals surface area contributed by atoms with E-state index < -0.39 is 5.97 Å². The van der Waals surface area contributed by atoms with Crippen molar-refractivity contribution in [2.24, 2.45) is 11.8 Å². The van der Waals surface area contributed by atoms with E-state index >= 15 is 0 Å². The summed E-state index contributed by atoms with van der Waals surface area (Å²) in [7, 11) is 0. The average molecular weight is 234 g/mol. The van der Waals surface area contributed by atoms with Crippen LogP contribution >= 0.6 is 0 Å². The second-order valence-electron chi connectivity index (χ2n) is 4.81. The van der Waals surface area contributed by atoms with Gasteiger partial charge in [-0.25, -0.2) is 4.79 Å². The Morgan fingerprint density at radius 1 is 1.41 bits per heavy atom. The first-order valence-corrected chi connectivity index (χ1v) is 6.10. The van der Waals surface area contributed by atoms with Gasteiger partial charge in [-0.3, -0.25) is 0 Å². The lowest BCUT2D eigenvalue weighted by molar-refractivity contribution is -0.133. The molecule has 2 unspecified atom stereocenters. The van der Waals surface area contributed by atoms with Gasteiger partial charge in [-0.15, -0.1) is 0 Å². The van der Waals surface area contributed by atoms with Gasteiger partial charge in [0.1, 0.15) is 0 Å². The summed E-state index contributed by atoms with van der Waals surface area (Å²) in [5.74, 6) is -0.00443. The van der Waals surface area contributed by atoms with Crippen molar-refractivity contribution < 1.29 is 15.0 Å². The van der Waals surface area contributed by atoms with Crippen LogP contribution in [0, 0.1) is 11.8 Å². The minimum atomic E-state index is -0.785. The highest BCUT2D eigenvalue weighted by molar-refractivity contribution is 5.86. The molecule has 2 atom stereocenters. The second-order valence-corrected chi connectivity index (χ2v) is 4.81. The van der Waals surface area contributed by atoms with Gasteiger partial charge in [0.05, 0.1) is 6.61 Å². The summed E-state index contributed by atoms with van der Waals surface area (Å²) < 4.78 is 0. The first-order chi connectivity index (χ1) is 8.20. The monoisotopic (exact) mass is 234 g/mol. The minimum Gasteiger partial charge on any atom is -0.478 e. The predicted octanol–water partition coefficient (Wildman–Crippen LogP) is 2.29.